The maximum Gasteiger partial charge on any atom is 0.272 e. The largest absolute Gasteiger partial charge is 0.437 e. The third-order valence-corrected chi connectivity index (χ3v) is 7.26. The van der Waals surface area contributed by atoms with Crippen molar-refractivity contribution in [3.05, 3.63) is 69.4 Å². The van der Waals surface area contributed by atoms with Crippen LogP contribution in [0.1, 0.15) is 55.7 Å². The molecule has 0 aliphatic carbocycles. The summed E-state index contributed by atoms with van der Waals surface area (Å²) in [6.45, 7) is 10.7. The molecule has 3 rings (SSSR count). The van der Waals surface area contributed by atoms with Crippen LogP contribution in [-0.2, 0) is 10.0 Å². The minimum absolute atomic E-state index is 0.0886. The molecule has 2 aromatic carbocycles. The van der Waals surface area contributed by atoms with Crippen molar-refractivity contribution < 1.29 is 22.9 Å². The first kappa shape index (κ1) is 27.8. The lowest BCUT2D eigenvalue weighted by Gasteiger charge is -2.15. The smallest absolute Gasteiger partial charge is 0.272 e. The first-order chi connectivity index (χ1) is 17.3. The number of aromatic nitrogens is 2. The molecule has 198 valence electrons. The number of aryl methyl sites for hydroxylation is 1. The Morgan fingerprint density at radius 2 is 1.78 bits per heavy atom. The van der Waals surface area contributed by atoms with Crippen LogP contribution in [0.3, 0.4) is 0 Å². The predicted octanol–water partition coefficient (Wildman–Crippen LogP) is 4.40. The van der Waals surface area contributed by atoms with E-state index in [1.165, 1.54) is 10.7 Å². The van der Waals surface area contributed by atoms with E-state index in [0.29, 0.717) is 11.3 Å². The Morgan fingerprint density at radius 3 is 2.35 bits per heavy atom. The lowest BCUT2D eigenvalue weighted by molar-refractivity contribution is -0.385. The van der Waals surface area contributed by atoms with Gasteiger partial charge in [-0.2, -0.15) is 9.78 Å². The van der Waals surface area contributed by atoms with E-state index >= 15 is 0 Å². The number of benzene rings is 2. The van der Waals surface area contributed by atoms with Crippen molar-refractivity contribution in [3.63, 3.8) is 0 Å². The summed E-state index contributed by atoms with van der Waals surface area (Å²) in [4.78, 5) is 23.3. The first-order valence-electron chi connectivity index (χ1n) is 11.8. The van der Waals surface area contributed by atoms with Crippen LogP contribution in [0.4, 0.5) is 5.69 Å². The van der Waals surface area contributed by atoms with Crippen LogP contribution in [0.15, 0.2) is 47.4 Å². The van der Waals surface area contributed by atoms with Crippen molar-refractivity contribution in [1.82, 2.24) is 19.8 Å². The highest BCUT2D eigenvalue weighted by Gasteiger charge is 2.28. The minimum atomic E-state index is -4.18. The summed E-state index contributed by atoms with van der Waals surface area (Å²) < 4.78 is 36.1. The molecule has 0 bridgehead atoms. The summed E-state index contributed by atoms with van der Waals surface area (Å²) in [7, 11) is -4.18. The fourth-order valence-corrected chi connectivity index (χ4v) is 4.85. The third kappa shape index (κ3) is 6.33. The van der Waals surface area contributed by atoms with Crippen molar-refractivity contribution in [2.45, 2.75) is 64.9 Å². The summed E-state index contributed by atoms with van der Waals surface area (Å²) >= 11 is 0. The molecule has 1 heterocycles. The SMILES string of the molecule is CC[C@@H](C)NC(=O)c1nn(-c2ccc(C)cc2)c(Oc2ccc([N+](=O)[O-])cc2S(=O)(=O)NC(C)C)c1C. The summed E-state index contributed by atoms with van der Waals surface area (Å²) in [5, 5.41) is 18.7. The van der Waals surface area contributed by atoms with Crippen molar-refractivity contribution in [3.8, 4) is 17.3 Å². The molecule has 11 nitrogen and oxygen atoms in total. The number of sulfonamides is 1. The maximum atomic E-state index is 13.1. The number of non-ortho nitro benzene ring substituents is 1. The second kappa shape index (κ2) is 11.1. The van der Waals surface area contributed by atoms with E-state index in [4.69, 9.17) is 4.74 Å². The van der Waals surface area contributed by atoms with E-state index < -0.39 is 37.5 Å². The lowest BCUT2D eigenvalue weighted by Crippen LogP contribution is -2.32. The number of rotatable bonds is 10. The van der Waals surface area contributed by atoms with Gasteiger partial charge in [-0.05, 0) is 59.2 Å². The Hall–Kier alpha value is -3.77. The highest BCUT2D eigenvalue weighted by atomic mass is 32.2. The van der Waals surface area contributed by atoms with E-state index in [0.717, 1.165) is 24.1 Å². The van der Waals surface area contributed by atoms with Gasteiger partial charge >= 0.3 is 0 Å². The predicted molar refractivity (Wildman–Crippen MR) is 139 cm³/mol. The molecule has 0 saturated heterocycles. The highest BCUT2D eigenvalue weighted by molar-refractivity contribution is 7.89. The highest BCUT2D eigenvalue weighted by Crippen LogP contribution is 2.35. The Labute approximate surface area is 216 Å². The molecule has 0 unspecified atom stereocenters. The number of amides is 1. The second-order valence-electron chi connectivity index (χ2n) is 9.08. The van der Waals surface area contributed by atoms with E-state index in [9.17, 15) is 23.3 Å². The normalized spacial score (nSPS) is 12.4. The van der Waals surface area contributed by atoms with Crippen molar-refractivity contribution in [2.75, 3.05) is 0 Å². The molecule has 0 saturated carbocycles. The maximum absolute atomic E-state index is 13.1. The van der Waals surface area contributed by atoms with Crippen LogP contribution in [0.5, 0.6) is 11.6 Å². The molecule has 0 radical (unpaired) electrons. The number of carbonyl (C=O) groups excluding carboxylic acids is 1. The van der Waals surface area contributed by atoms with Crippen molar-refractivity contribution in [1.29, 1.82) is 0 Å². The number of nitrogens with one attached hydrogen (secondary N) is 2. The zero-order chi connectivity index (χ0) is 27.5. The van der Waals surface area contributed by atoms with Crippen LogP contribution in [-0.4, -0.2) is 41.1 Å². The Balaban J connectivity index is 2.20. The van der Waals surface area contributed by atoms with Gasteiger partial charge in [0.05, 0.1) is 10.6 Å². The molecule has 0 aliphatic heterocycles. The van der Waals surface area contributed by atoms with Gasteiger partial charge in [-0.1, -0.05) is 24.6 Å². The van der Waals surface area contributed by atoms with Gasteiger partial charge in [0, 0.05) is 29.8 Å². The fourth-order valence-electron chi connectivity index (χ4n) is 3.45. The van der Waals surface area contributed by atoms with E-state index in [2.05, 4.69) is 15.1 Å². The van der Waals surface area contributed by atoms with Gasteiger partial charge in [-0.3, -0.25) is 14.9 Å². The molecule has 2 N–H and O–H groups in total. The number of hydrogen-bond donors (Lipinski definition) is 2. The number of carbonyl (C=O) groups is 1. The van der Waals surface area contributed by atoms with Gasteiger partial charge in [0.1, 0.15) is 10.6 Å². The van der Waals surface area contributed by atoms with Gasteiger partial charge in [0.15, 0.2) is 5.69 Å². The van der Waals surface area contributed by atoms with Gasteiger partial charge < -0.3 is 10.1 Å². The Bertz CT molecular complexity index is 1410. The quantitative estimate of drug-likeness (QED) is 0.292. The van der Waals surface area contributed by atoms with Crippen molar-refractivity contribution in [2.24, 2.45) is 0 Å². The van der Waals surface area contributed by atoms with Crippen LogP contribution in [0.25, 0.3) is 5.69 Å². The van der Waals surface area contributed by atoms with Crippen LogP contribution in [0.2, 0.25) is 0 Å². The van der Waals surface area contributed by atoms with Crippen molar-refractivity contribution >= 4 is 21.6 Å². The molecule has 3 aromatic rings. The van der Waals surface area contributed by atoms with E-state index in [1.807, 2.05) is 32.9 Å². The first-order valence-corrected chi connectivity index (χ1v) is 13.3. The molecule has 37 heavy (non-hydrogen) atoms. The van der Waals surface area contributed by atoms with Crippen LogP contribution >= 0.6 is 0 Å². The van der Waals surface area contributed by atoms with E-state index in [1.54, 1.807) is 32.9 Å². The molecular formula is C25H31N5O6S. The number of nitrogens with zero attached hydrogens (tertiary/aromatic N) is 3. The standard InChI is InChI=1S/C25H31N5O6S/c1-7-17(5)26-24(31)23-18(6)25(29(27-23)19-10-8-16(4)9-11-19)36-21-13-12-20(30(32)33)14-22(21)37(34,35)28-15(2)3/h8-15,17,28H,7H2,1-6H3,(H,26,31)/t17-/m1/s1. The Kier molecular flexibility index (Phi) is 8.34. The number of nitro benzene ring substituents is 1. The number of nitro groups is 1. The van der Waals surface area contributed by atoms with Crippen LogP contribution < -0.4 is 14.8 Å². The summed E-state index contributed by atoms with van der Waals surface area (Å²) in [5.41, 5.74) is 1.67. The molecule has 12 heteroatoms. The molecule has 0 aliphatic rings. The fraction of sp³-hybridized carbons (Fsp3) is 0.360. The molecule has 0 fully saturated rings. The molecule has 1 aromatic heterocycles. The van der Waals surface area contributed by atoms with Gasteiger partial charge in [-0.15, -0.1) is 0 Å². The molecule has 0 spiro atoms. The minimum Gasteiger partial charge on any atom is -0.437 e. The molecule has 1 atom stereocenters. The van der Waals surface area contributed by atoms with Gasteiger partial charge in [0.2, 0.25) is 15.9 Å². The zero-order valence-corrected chi connectivity index (χ0v) is 22.4. The van der Waals surface area contributed by atoms with Crippen LogP contribution in [0, 0.1) is 24.0 Å². The zero-order valence-electron chi connectivity index (χ0n) is 21.6. The topological polar surface area (TPSA) is 145 Å². The number of ether oxygens (including phenoxy) is 1. The summed E-state index contributed by atoms with van der Waals surface area (Å²) in [6, 6.07) is 10.1. The van der Waals surface area contributed by atoms with Gasteiger partial charge in [0.25, 0.3) is 11.6 Å². The molecular weight excluding hydrogens is 498 g/mol. The van der Waals surface area contributed by atoms with E-state index in [-0.39, 0.29) is 23.4 Å². The van der Waals surface area contributed by atoms with Gasteiger partial charge in [-0.25, -0.2) is 13.1 Å². The molecule has 1 amide bonds. The summed E-state index contributed by atoms with van der Waals surface area (Å²) in [5.74, 6) is -0.447. The average Bonchev–Trinajstić information content (AvgIpc) is 3.14. The monoisotopic (exact) mass is 529 g/mol. The third-order valence-electron chi connectivity index (χ3n) is 5.58. The average molecular weight is 530 g/mol. The second-order valence-corrected chi connectivity index (χ2v) is 10.8. The Morgan fingerprint density at radius 1 is 1.14 bits per heavy atom. The number of hydrogen-bond acceptors (Lipinski definition) is 7. The summed E-state index contributed by atoms with van der Waals surface area (Å²) in [6.07, 6.45) is 0.722. The lowest BCUT2D eigenvalue weighted by atomic mass is 10.2.